The van der Waals surface area contributed by atoms with Gasteiger partial charge in [0.15, 0.2) is 0 Å². The highest BCUT2D eigenvalue weighted by Crippen LogP contribution is 2.19. The van der Waals surface area contributed by atoms with Gasteiger partial charge in [-0.05, 0) is 56.9 Å². The molecular formula is C23H32N6O2. The summed E-state index contributed by atoms with van der Waals surface area (Å²) in [5.41, 5.74) is 2.68. The highest BCUT2D eigenvalue weighted by molar-refractivity contribution is 5.89. The van der Waals surface area contributed by atoms with E-state index in [1.54, 1.807) is 6.20 Å². The lowest BCUT2D eigenvalue weighted by molar-refractivity contribution is 0.186. The number of carbonyl (C=O) groups is 2. The maximum Gasteiger partial charge on any atom is 0.321 e. The van der Waals surface area contributed by atoms with Gasteiger partial charge >= 0.3 is 12.1 Å². The number of nitrogens with zero attached hydrogens (tertiary/aromatic N) is 3. The SMILES string of the molecule is Cc1ccnn1-c1cccc(NC(=O)N2CCC(NC(=O)NC3CCCCC3)CC2)c1. The molecule has 4 amide bonds. The van der Waals surface area contributed by atoms with Crippen LogP contribution in [-0.2, 0) is 0 Å². The highest BCUT2D eigenvalue weighted by atomic mass is 16.2. The minimum Gasteiger partial charge on any atom is -0.335 e. The van der Waals surface area contributed by atoms with Crippen LogP contribution < -0.4 is 16.0 Å². The number of likely N-dealkylation sites (tertiary alicyclic amines) is 1. The van der Waals surface area contributed by atoms with Crippen LogP contribution in [0, 0.1) is 6.92 Å². The standard InChI is InChI=1S/C23H32N6O2/c1-17-10-13-24-29(17)21-9-5-8-20(16-21)27-23(31)28-14-11-19(12-15-28)26-22(30)25-18-6-3-2-4-7-18/h5,8-10,13,16,18-19H,2-4,6-7,11-12,14-15H2,1H3,(H,27,31)(H2,25,26,30). The van der Waals surface area contributed by atoms with Crippen molar-refractivity contribution in [3.05, 3.63) is 42.2 Å². The molecule has 2 fully saturated rings. The number of piperidine rings is 1. The van der Waals surface area contributed by atoms with Crippen LogP contribution in [0.2, 0.25) is 0 Å². The van der Waals surface area contributed by atoms with Crippen LogP contribution in [0.25, 0.3) is 5.69 Å². The van der Waals surface area contributed by atoms with E-state index in [4.69, 9.17) is 0 Å². The van der Waals surface area contributed by atoms with Crippen LogP contribution >= 0.6 is 0 Å². The molecule has 1 aliphatic carbocycles. The van der Waals surface area contributed by atoms with Crippen LogP contribution in [0.5, 0.6) is 0 Å². The van der Waals surface area contributed by atoms with Gasteiger partial charge < -0.3 is 20.9 Å². The largest absolute Gasteiger partial charge is 0.335 e. The van der Waals surface area contributed by atoms with E-state index in [1.165, 1.54) is 19.3 Å². The van der Waals surface area contributed by atoms with Crippen molar-refractivity contribution in [2.75, 3.05) is 18.4 Å². The van der Waals surface area contributed by atoms with Crippen molar-refractivity contribution in [1.29, 1.82) is 0 Å². The molecule has 2 aromatic rings. The number of amides is 4. The first kappa shape index (κ1) is 21.2. The van der Waals surface area contributed by atoms with Gasteiger partial charge in [-0.25, -0.2) is 14.3 Å². The Morgan fingerprint density at radius 3 is 2.35 bits per heavy atom. The lowest BCUT2D eigenvalue weighted by Crippen LogP contribution is -2.51. The van der Waals surface area contributed by atoms with E-state index >= 15 is 0 Å². The van der Waals surface area contributed by atoms with E-state index in [9.17, 15) is 9.59 Å². The Morgan fingerprint density at radius 2 is 1.68 bits per heavy atom. The molecular weight excluding hydrogens is 392 g/mol. The number of aryl methyl sites for hydroxylation is 1. The monoisotopic (exact) mass is 424 g/mol. The summed E-state index contributed by atoms with van der Waals surface area (Å²) >= 11 is 0. The molecule has 0 atom stereocenters. The van der Waals surface area contributed by atoms with Crippen LogP contribution in [-0.4, -0.2) is 51.9 Å². The first-order valence-electron chi connectivity index (χ1n) is 11.3. The number of rotatable bonds is 4. The maximum absolute atomic E-state index is 12.7. The second-order valence-electron chi connectivity index (χ2n) is 8.58. The van der Waals surface area contributed by atoms with Gasteiger partial charge in [0.05, 0.1) is 5.69 Å². The molecule has 0 radical (unpaired) electrons. The Balaban J connectivity index is 1.24. The Hall–Kier alpha value is -3.03. The van der Waals surface area contributed by atoms with Crippen molar-refractivity contribution in [3.63, 3.8) is 0 Å². The summed E-state index contributed by atoms with van der Waals surface area (Å²) in [6.07, 6.45) is 9.10. The lowest BCUT2D eigenvalue weighted by atomic mass is 9.96. The fourth-order valence-corrected chi connectivity index (χ4v) is 4.44. The number of nitrogens with one attached hydrogen (secondary N) is 3. The minimum absolute atomic E-state index is 0.0690. The smallest absolute Gasteiger partial charge is 0.321 e. The van der Waals surface area contributed by atoms with Crippen LogP contribution in [0.15, 0.2) is 36.5 Å². The average molecular weight is 425 g/mol. The molecule has 4 rings (SSSR count). The zero-order valence-corrected chi connectivity index (χ0v) is 18.1. The number of benzene rings is 1. The van der Waals surface area contributed by atoms with Crippen molar-refractivity contribution >= 4 is 17.7 Å². The molecule has 0 spiro atoms. The number of carbonyl (C=O) groups excluding carboxylic acids is 2. The van der Waals surface area contributed by atoms with E-state index in [0.29, 0.717) is 19.1 Å². The third-order valence-electron chi connectivity index (χ3n) is 6.23. The summed E-state index contributed by atoms with van der Waals surface area (Å²) < 4.78 is 1.84. The molecule has 1 saturated heterocycles. The predicted octanol–water partition coefficient (Wildman–Crippen LogP) is 3.81. The van der Waals surface area contributed by atoms with Gasteiger partial charge in [0.2, 0.25) is 0 Å². The molecule has 3 N–H and O–H groups in total. The van der Waals surface area contributed by atoms with E-state index < -0.39 is 0 Å². The first-order chi connectivity index (χ1) is 15.1. The van der Waals surface area contributed by atoms with Crippen molar-refractivity contribution in [2.45, 2.75) is 64.0 Å². The highest BCUT2D eigenvalue weighted by Gasteiger charge is 2.25. The number of hydrogen-bond donors (Lipinski definition) is 3. The number of hydrogen-bond acceptors (Lipinski definition) is 3. The van der Waals surface area contributed by atoms with E-state index in [1.807, 2.05) is 46.8 Å². The van der Waals surface area contributed by atoms with Gasteiger partial charge in [0, 0.05) is 42.8 Å². The second kappa shape index (κ2) is 9.85. The molecule has 1 aliphatic heterocycles. The van der Waals surface area contributed by atoms with Crippen molar-refractivity contribution in [1.82, 2.24) is 25.3 Å². The third-order valence-corrected chi connectivity index (χ3v) is 6.23. The van der Waals surface area contributed by atoms with Gasteiger partial charge in [-0.3, -0.25) is 0 Å². The fourth-order valence-electron chi connectivity index (χ4n) is 4.44. The summed E-state index contributed by atoms with van der Waals surface area (Å²) in [6, 6.07) is 9.85. The van der Waals surface area contributed by atoms with Crippen LogP contribution in [0.1, 0.15) is 50.6 Å². The molecule has 0 bridgehead atoms. The average Bonchev–Trinajstić information content (AvgIpc) is 3.21. The fraction of sp³-hybridized carbons (Fsp3) is 0.522. The van der Waals surface area contributed by atoms with Crippen molar-refractivity contribution in [3.8, 4) is 5.69 Å². The molecule has 8 heteroatoms. The molecule has 1 saturated carbocycles. The van der Waals surface area contributed by atoms with Gasteiger partial charge in [-0.1, -0.05) is 25.3 Å². The first-order valence-corrected chi connectivity index (χ1v) is 11.3. The zero-order chi connectivity index (χ0) is 21.6. The van der Waals surface area contributed by atoms with Gasteiger partial charge in [0.1, 0.15) is 0 Å². The minimum atomic E-state index is -0.112. The zero-order valence-electron chi connectivity index (χ0n) is 18.1. The Morgan fingerprint density at radius 1 is 0.968 bits per heavy atom. The summed E-state index contributed by atoms with van der Waals surface area (Å²) in [6.45, 7) is 3.24. The molecule has 2 heterocycles. The second-order valence-corrected chi connectivity index (χ2v) is 8.58. The quantitative estimate of drug-likeness (QED) is 0.697. The maximum atomic E-state index is 12.7. The van der Waals surface area contributed by atoms with Gasteiger partial charge in [0.25, 0.3) is 0 Å². The molecule has 2 aliphatic rings. The van der Waals surface area contributed by atoms with Crippen molar-refractivity contribution in [2.24, 2.45) is 0 Å². The molecule has 1 aromatic carbocycles. The Labute approximate surface area is 183 Å². The normalized spacial score (nSPS) is 17.9. The predicted molar refractivity (Wildman–Crippen MR) is 120 cm³/mol. The molecule has 31 heavy (non-hydrogen) atoms. The Kier molecular flexibility index (Phi) is 6.74. The summed E-state index contributed by atoms with van der Waals surface area (Å²) in [5.74, 6) is 0. The number of aromatic nitrogens is 2. The van der Waals surface area contributed by atoms with Gasteiger partial charge in [-0.15, -0.1) is 0 Å². The topological polar surface area (TPSA) is 91.3 Å². The summed E-state index contributed by atoms with van der Waals surface area (Å²) in [7, 11) is 0. The number of anilines is 1. The van der Waals surface area contributed by atoms with Crippen LogP contribution in [0.4, 0.5) is 15.3 Å². The molecule has 8 nitrogen and oxygen atoms in total. The van der Waals surface area contributed by atoms with Gasteiger partial charge in [-0.2, -0.15) is 5.10 Å². The lowest BCUT2D eigenvalue weighted by Gasteiger charge is -2.33. The van der Waals surface area contributed by atoms with E-state index in [2.05, 4.69) is 21.0 Å². The Bertz CT molecular complexity index is 897. The molecule has 166 valence electrons. The summed E-state index contributed by atoms with van der Waals surface area (Å²) in [5, 5.41) is 13.5. The van der Waals surface area contributed by atoms with E-state index in [0.717, 1.165) is 42.8 Å². The molecule has 1 aromatic heterocycles. The van der Waals surface area contributed by atoms with Crippen molar-refractivity contribution < 1.29 is 9.59 Å². The van der Waals surface area contributed by atoms with Crippen LogP contribution in [0.3, 0.4) is 0 Å². The van der Waals surface area contributed by atoms with E-state index in [-0.39, 0.29) is 18.1 Å². The number of urea groups is 2. The molecule has 0 unspecified atom stereocenters. The third kappa shape index (κ3) is 5.57. The summed E-state index contributed by atoms with van der Waals surface area (Å²) in [4.78, 5) is 26.8.